The summed E-state index contributed by atoms with van der Waals surface area (Å²) in [5, 5.41) is 3.09. The maximum Gasteiger partial charge on any atom is 0.243 e. The minimum Gasteiger partial charge on any atom is -0.379 e. The predicted molar refractivity (Wildman–Crippen MR) is 106 cm³/mol. The van der Waals surface area contributed by atoms with Gasteiger partial charge in [0, 0.05) is 24.0 Å². The van der Waals surface area contributed by atoms with Gasteiger partial charge in [0.25, 0.3) is 0 Å². The van der Waals surface area contributed by atoms with E-state index in [0.29, 0.717) is 31.2 Å². The van der Waals surface area contributed by atoms with Crippen LogP contribution in [0.25, 0.3) is 11.3 Å². The molecule has 0 aliphatic carbocycles. The van der Waals surface area contributed by atoms with Gasteiger partial charge in [-0.3, -0.25) is 0 Å². The highest BCUT2D eigenvalue weighted by Crippen LogP contribution is 2.28. The number of hydrogen-bond donors (Lipinski definition) is 1. The molecule has 9 heteroatoms. The number of rotatable bonds is 4. The van der Waals surface area contributed by atoms with Crippen LogP contribution in [0, 0.1) is 0 Å². The fourth-order valence-electron chi connectivity index (χ4n) is 3.36. The largest absolute Gasteiger partial charge is 0.379 e. The van der Waals surface area contributed by atoms with Crippen molar-refractivity contribution in [1.29, 1.82) is 0 Å². The fraction of sp³-hybridized carbons (Fsp3) is 0.500. The third-order valence-electron chi connectivity index (χ3n) is 5.14. The highest BCUT2D eigenvalue weighted by atomic mass is 32.2. The Bertz CT molecular complexity index is 868. The second-order valence-electron chi connectivity index (χ2n) is 7.00. The molecule has 0 radical (unpaired) electrons. The lowest BCUT2D eigenvalue weighted by molar-refractivity contribution is -0.880. The van der Waals surface area contributed by atoms with Gasteiger partial charge in [-0.15, -0.1) is 11.3 Å². The average molecular weight is 410 g/mol. The van der Waals surface area contributed by atoms with Crippen molar-refractivity contribution in [1.82, 2.24) is 9.29 Å². The normalized spacial score (nSPS) is 20.1. The zero-order chi connectivity index (χ0) is 18.9. The highest BCUT2D eigenvalue weighted by molar-refractivity contribution is 7.89. The molecule has 0 spiro atoms. The Morgan fingerprint density at radius 3 is 2.41 bits per heavy atom. The van der Waals surface area contributed by atoms with E-state index in [2.05, 4.69) is 11.9 Å². The third kappa shape index (κ3) is 4.02. The molecular weight excluding hydrogens is 384 g/mol. The van der Waals surface area contributed by atoms with Crippen molar-refractivity contribution in [3.63, 3.8) is 0 Å². The summed E-state index contributed by atoms with van der Waals surface area (Å²) in [4.78, 5) is 8.98. The maximum atomic E-state index is 12.7. The number of benzene rings is 1. The summed E-state index contributed by atoms with van der Waals surface area (Å²) in [6.07, 6.45) is 0. The summed E-state index contributed by atoms with van der Waals surface area (Å²) in [5.74, 6) is 0. The number of nitrogens with one attached hydrogen (secondary N) is 1. The van der Waals surface area contributed by atoms with E-state index < -0.39 is 10.0 Å². The second kappa shape index (κ2) is 7.84. The lowest BCUT2D eigenvalue weighted by atomic mass is 10.2. The molecule has 1 aromatic heterocycles. The number of hydrogen-bond acceptors (Lipinski definition) is 6. The van der Waals surface area contributed by atoms with E-state index in [1.807, 2.05) is 17.5 Å². The van der Waals surface area contributed by atoms with Gasteiger partial charge >= 0.3 is 0 Å². The highest BCUT2D eigenvalue weighted by Gasteiger charge is 2.26. The number of sulfonamides is 1. The molecule has 0 saturated carbocycles. The van der Waals surface area contributed by atoms with Gasteiger partial charge in [-0.1, -0.05) is 12.1 Å². The summed E-state index contributed by atoms with van der Waals surface area (Å²) in [5.41, 5.74) is 1.84. The molecule has 146 valence electrons. The molecule has 1 aromatic carbocycles. The number of nitrogens with zero attached hydrogens (tertiary/aromatic N) is 3. The van der Waals surface area contributed by atoms with E-state index in [0.717, 1.165) is 42.6 Å². The molecule has 3 heterocycles. The van der Waals surface area contributed by atoms with Crippen LogP contribution in [-0.2, 0) is 14.8 Å². The molecule has 2 aromatic rings. The quantitative estimate of drug-likeness (QED) is 0.780. The van der Waals surface area contributed by atoms with E-state index in [1.165, 1.54) is 4.31 Å². The number of thiazole rings is 1. The molecular formula is C18H25N4O3S2+. The van der Waals surface area contributed by atoms with Crippen LogP contribution in [0.1, 0.15) is 0 Å². The first-order valence-corrected chi connectivity index (χ1v) is 11.6. The van der Waals surface area contributed by atoms with Gasteiger partial charge < -0.3 is 14.5 Å². The van der Waals surface area contributed by atoms with Crippen LogP contribution in [0.2, 0.25) is 0 Å². The molecule has 2 saturated heterocycles. The van der Waals surface area contributed by atoms with Gasteiger partial charge in [0.15, 0.2) is 5.13 Å². The first kappa shape index (κ1) is 18.8. The Balaban J connectivity index is 1.49. The molecule has 4 rings (SSSR count). The van der Waals surface area contributed by atoms with Crippen molar-refractivity contribution < 1.29 is 18.1 Å². The van der Waals surface area contributed by atoms with Gasteiger partial charge in [0.05, 0.1) is 57.0 Å². The van der Waals surface area contributed by atoms with Crippen molar-refractivity contribution >= 4 is 26.5 Å². The smallest absolute Gasteiger partial charge is 0.243 e. The van der Waals surface area contributed by atoms with Crippen molar-refractivity contribution in [2.75, 3.05) is 64.4 Å². The molecule has 0 amide bonds. The van der Waals surface area contributed by atoms with Crippen LogP contribution >= 0.6 is 11.3 Å². The van der Waals surface area contributed by atoms with E-state index in [4.69, 9.17) is 9.72 Å². The summed E-state index contributed by atoms with van der Waals surface area (Å²) in [7, 11) is -1.23. The number of likely N-dealkylation sites (N-methyl/N-ethyl adjacent to an activating group) is 1. The van der Waals surface area contributed by atoms with Crippen LogP contribution in [-0.4, -0.2) is 77.2 Å². The Morgan fingerprint density at radius 1 is 1.07 bits per heavy atom. The van der Waals surface area contributed by atoms with Gasteiger partial charge in [0.1, 0.15) is 0 Å². The summed E-state index contributed by atoms with van der Waals surface area (Å²) in [6, 6.07) is 7.05. The fourth-order valence-corrected chi connectivity index (χ4v) is 5.65. The van der Waals surface area contributed by atoms with E-state index in [9.17, 15) is 8.42 Å². The van der Waals surface area contributed by atoms with Crippen molar-refractivity contribution in [2.45, 2.75) is 4.90 Å². The van der Waals surface area contributed by atoms with E-state index in [-0.39, 0.29) is 0 Å². The molecule has 2 fully saturated rings. The molecule has 0 atom stereocenters. The van der Waals surface area contributed by atoms with Gasteiger partial charge in [-0.25, -0.2) is 13.4 Å². The zero-order valence-electron chi connectivity index (χ0n) is 15.4. The molecule has 2 aliphatic heterocycles. The van der Waals surface area contributed by atoms with E-state index >= 15 is 0 Å². The third-order valence-corrected chi connectivity index (χ3v) is 7.95. The Hall–Kier alpha value is -1.52. The summed E-state index contributed by atoms with van der Waals surface area (Å²) in [6.45, 7) is 6.02. The average Bonchev–Trinajstić information content (AvgIpc) is 3.19. The van der Waals surface area contributed by atoms with Gasteiger partial charge in [-0.05, 0) is 12.1 Å². The van der Waals surface area contributed by atoms with Crippen molar-refractivity contribution in [3.8, 4) is 11.3 Å². The SMILES string of the molecule is C[NH+]1CCN(c2nc(-c3ccc(S(=O)(=O)N4CCOCC4)cc3)cs2)CC1. The molecule has 1 N–H and O–H groups in total. The predicted octanol–water partition coefficient (Wildman–Crippen LogP) is 0.166. The first-order chi connectivity index (χ1) is 13.0. The second-order valence-corrected chi connectivity index (χ2v) is 9.77. The van der Waals surface area contributed by atoms with E-state index in [1.54, 1.807) is 28.4 Å². The topological polar surface area (TPSA) is 67.2 Å². The molecule has 0 bridgehead atoms. The number of piperazine rings is 1. The lowest BCUT2D eigenvalue weighted by Gasteiger charge is -2.29. The van der Waals surface area contributed by atoms with Crippen LogP contribution in [0.4, 0.5) is 5.13 Å². The molecule has 0 unspecified atom stereocenters. The van der Waals surface area contributed by atoms with Crippen molar-refractivity contribution in [3.05, 3.63) is 29.6 Å². The van der Waals surface area contributed by atoms with Gasteiger partial charge in [0.2, 0.25) is 10.0 Å². The van der Waals surface area contributed by atoms with Gasteiger partial charge in [-0.2, -0.15) is 4.31 Å². The zero-order valence-corrected chi connectivity index (χ0v) is 17.1. The molecule has 27 heavy (non-hydrogen) atoms. The number of morpholine rings is 1. The first-order valence-electron chi connectivity index (χ1n) is 9.24. The minimum atomic E-state index is -3.45. The number of anilines is 1. The van der Waals surface area contributed by atoms with Crippen LogP contribution in [0.5, 0.6) is 0 Å². The lowest BCUT2D eigenvalue weighted by Crippen LogP contribution is -3.12. The maximum absolute atomic E-state index is 12.7. The minimum absolute atomic E-state index is 0.325. The van der Waals surface area contributed by atoms with Crippen LogP contribution < -0.4 is 9.80 Å². The standard InChI is InChI=1S/C18H24N4O3S2/c1-20-6-8-21(9-7-20)18-19-17(14-26-18)15-2-4-16(5-3-15)27(23,24)22-10-12-25-13-11-22/h2-5,14H,6-13H2,1H3/p+1. The Kier molecular flexibility index (Phi) is 5.47. The molecule has 2 aliphatic rings. The monoisotopic (exact) mass is 409 g/mol. The number of ether oxygens (including phenoxy) is 1. The molecule has 7 nitrogen and oxygen atoms in total. The summed E-state index contributed by atoms with van der Waals surface area (Å²) >= 11 is 1.65. The van der Waals surface area contributed by atoms with Crippen LogP contribution in [0.15, 0.2) is 34.5 Å². The Morgan fingerprint density at radius 2 is 1.74 bits per heavy atom. The Labute approximate surface area is 164 Å². The number of aromatic nitrogens is 1. The number of quaternary nitrogens is 1. The van der Waals surface area contributed by atoms with Crippen LogP contribution in [0.3, 0.4) is 0 Å². The van der Waals surface area contributed by atoms with Crippen molar-refractivity contribution in [2.24, 2.45) is 0 Å². The summed E-state index contributed by atoms with van der Waals surface area (Å²) < 4.78 is 32.2.